The van der Waals surface area contributed by atoms with Gasteiger partial charge in [-0.1, -0.05) is 17.7 Å². The van der Waals surface area contributed by atoms with Gasteiger partial charge in [0.15, 0.2) is 0 Å². The van der Waals surface area contributed by atoms with Crippen molar-refractivity contribution in [2.75, 3.05) is 20.7 Å². The fourth-order valence-electron chi connectivity index (χ4n) is 1.89. The van der Waals surface area contributed by atoms with Gasteiger partial charge in [-0.2, -0.15) is 5.26 Å². The van der Waals surface area contributed by atoms with Gasteiger partial charge in [0.1, 0.15) is 5.75 Å². The molecule has 0 heterocycles. The third-order valence-electron chi connectivity index (χ3n) is 2.64. The van der Waals surface area contributed by atoms with Gasteiger partial charge in [0.25, 0.3) is 0 Å². The molecule has 98 valence electrons. The smallest absolute Gasteiger partial charge is 0.137 e. The summed E-state index contributed by atoms with van der Waals surface area (Å²) in [7, 11) is 3.60. The summed E-state index contributed by atoms with van der Waals surface area (Å²) in [4.78, 5) is 2.11. The Morgan fingerprint density at radius 2 is 2.11 bits per heavy atom. The van der Waals surface area contributed by atoms with Gasteiger partial charge in [-0.05, 0) is 38.6 Å². The third kappa shape index (κ3) is 4.21. The third-order valence-corrected chi connectivity index (χ3v) is 2.93. The Morgan fingerprint density at radius 1 is 1.44 bits per heavy atom. The molecule has 0 atom stereocenters. The van der Waals surface area contributed by atoms with Crippen LogP contribution in [0.4, 0.5) is 0 Å². The van der Waals surface area contributed by atoms with Gasteiger partial charge >= 0.3 is 0 Å². The Balaban J connectivity index is 2.68. The predicted molar refractivity (Wildman–Crippen MR) is 73.7 cm³/mol. The van der Waals surface area contributed by atoms with Crippen LogP contribution in [0.3, 0.4) is 0 Å². The van der Waals surface area contributed by atoms with Crippen molar-refractivity contribution < 1.29 is 4.74 Å². The molecule has 3 nitrogen and oxygen atoms in total. The molecule has 0 aliphatic rings. The average Bonchev–Trinajstić information content (AvgIpc) is 2.28. The largest absolute Gasteiger partial charge is 0.495 e. The first-order valence-corrected chi connectivity index (χ1v) is 6.18. The van der Waals surface area contributed by atoms with Crippen molar-refractivity contribution in [3.63, 3.8) is 0 Å². The number of nitriles is 1. The van der Waals surface area contributed by atoms with Crippen LogP contribution in [-0.4, -0.2) is 25.6 Å². The summed E-state index contributed by atoms with van der Waals surface area (Å²) < 4.78 is 5.11. The summed E-state index contributed by atoms with van der Waals surface area (Å²) in [6, 6.07) is 8.05. The normalized spacial score (nSPS) is 11.4. The molecular weight excluding hydrogens is 248 g/mol. The van der Waals surface area contributed by atoms with Crippen molar-refractivity contribution >= 4 is 11.6 Å². The molecule has 0 bridgehead atoms. The summed E-state index contributed by atoms with van der Waals surface area (Å²) in [6.45, 7) is 5.34. The number of ether oxygens (including phenoxy) is 1. The lowest BCUT2D eigenvalue weighted by Gasteiger charge is -2.24. The van der Waals surface area contributed by atoms with E-state index < -0.39 is 0 Å². The van der Waals surface area contributed by atoms with E-state index in [-0.39, 0.29) is 5.41 Å². The van der Waals surface area contributed by atoms with Crippen molar-refractivity contribution in [2.45, 2.75) is 20.4 Å². The van der Waals surface area contributed by atoms with Crippen LogP contribution in [0.15, 0.2) is 18.2 Å². The van der Waals surface area contributed by atoms with E-state index in [1.807, 2.05) is 39.1 Å². The topological polar surface area (TPSA) is 36.3 Å². The summed E-state index contributed by atoms with van der Waals surface area (Å²) >= 11 is 6.08. The molecule has 0 aliphatic carbocycles. The Hall–Kier alpha value is -1.24. The maximum atomic E-state index is 9.01. The Kier molecular flexibility index (Phi) is 5.01. The quantitative estimate of drug-likeness (QED) is 0.820. The summed E-state index contributed by atoms with van der Waals surface area (Å²) in [5.74, 6) is 0.681. The SMILES string of the molecule is COc1ccc(CN(C)CC(C)(C)C#N)cc1Cl. The Bertz CT molecular complexity index is 452. The molecule has 1 aromatic rings. The average molecular weight is 267 g/mol. The lowest BCUT2D eigenvalue weighted by Crippen LogP contribution is -2.29. The van der Waals surface area contributed by atoms with Gasteiger partial charge in [0.05, 0.1) is 23.6 Å². The minimum atomic E-state index is -0.342. The highest BCUT2D eigenvalue weighted by Crippen LogP contribution is 2.25. The van der Waals surface area contributed by atoms with Gasteiger partial charge in [-0.3, -0.25) is 0 Å². The minimum Gasteiger partial charge on any atom is -0.495 e. The maximum Gasteiger partial charge on any atom is 0.137 e. The first-order valence-electron chi connectivity index (χ1n) is 5.80. The standard InChI is InChI=1S/C14H19ClN2O/c1-14(2,9-16)10-17(3)8-11-5-6-13(18-4)12(15)7-11/h5-7H,8,10H2,1-4H3. The lowest BCUT2D eigenvalue weighted by molar-refractivity contribution is 0.248. The van der Waals surface area contributed by atoms with E-state index in [0.717, 1.165) is 12.1 Å². The predicted octanol–water partition coefficient (Wildman–Crippen LogP) is 3.33. The number of nitrogens with zero attached hydrogens (tertiary/aromatic N) is 2. The first kappa shape index (κ1) is 14.8. The van der Waals surface area contributed by atoms with Crippen LogP contribution in [0.2, 0.25) is 5.02 Å². The molecule has 0 amide bonds. The highest BCUT2D eigenvalue weighted by Gasteiger charge is 2.19. The molecular formula is C14H19ClN2O. The zero-order chi connectivity index (χ0) is 13.8. The molecule has 0 saturated carbocycles. The van der Waals surface area contributed by atoms with Gasteiger partial charge < -0.3 is 9.64 Å². The molecule has 18 heavy (non-hydrogen) atoms. The van der Waals surface area contributed by atoms with Gasteiger partial charge in [-0.15, -0.1) is 0 Å². The molecule has 1 rings (SSSR count). The van der Waals surface area contributed by atoms with Crippen molar-refractivity contribution in [1.82, 2.24) is 4.90 Å². The van der Waals surface area contributed by atoms with Crippen LogP contribution in [0.5, 0.6) is 5.75 Å². The van der Waals surface area contributed by atoms with Crippen LogP contribution in [0.25, 0.3) is 0 Å². The second-order valence-electron chi connectivity index (χ2n) is 5.14. The van der Waals surface area contributed by atoms with E-state index in [9.17, 15) is 0 Å². The minimum absolute atomic E-state index is 0.342. The summed E-state index contributed by atoms with van der Waals surface area (Å²) in [6.07, 6.45) is 0. The second kappa shape index (κ2) is 6.08. The molecule has 0 N–H and O–H groups in total. The molecule has 0 aromatic heterocycles. The molecule has 1 aromatic carbocycles. The number of halogens is 1. The van der Waals surface area contributed by atoms with E-state index >= 15 is 0 Å². The van der Waals surface area contributed by atoms with Gasteiger partial charge in [-0.25, -0.2) is 0 Å². The van der Waals surface area contributed by atoms with Crippen molar-refractivity contribution in [2.24, 2.45) is 5.41 Å². The maximum absolute atomic E-state index is 9.01. The fraction of sp³-hybridized carbons (Fsp3) is 0.500. The molecule has 4 heteroatoms. The monoisotopic (exact) mass is 266 g/mol. The van der Waals surface area contributed by atoms with Gasteiger partial charge in [0, 0.05) is 13.1 Å². The molecule has 0 aliphatic heterocycles. The summed E-state index contributed by atoms with van der Waals surface area (Å²) in [5.41, 5.74) is 0.766. The Morgan fingerprint density at radius 3 is 2.61 bits per heavy atom. The number of hydrogen-bond donors (Lipinski definition) is 0. The van der Waals surface area contributed by atoms with Crippen LogP contribution >= 0.6 is 11.6 Å². The van der Waals surface area contributed by atoms with Crippen molar-refractivity contribution in [3.05, 3.63) is 28.8 Å². The highest BCUT2D eigenvalue weighted by atomic mass is 35.5. The van der Waals surface area contributed by atoms with E-state index in [1.165, 1.54) is 0 Å². The zero-order valence-corrected chi connectivity index (χ0v) is 12.1. The first-order chi connectivity index (χ1) is 8.38. The van der Waals surface area contributed by atoms with Crippen LogP contribution in [0.1, 0.15) is 19.4 Å². The molecule has 0 fully saturated rings. The molecule has 0 spiro atoms. The highest BCUT2D eigenvalue weighted by molar-refractivity contribution is 6.32. The second-order valence-corrected chi connectivity index (χ2v) is 5.54. The van der Waals surface area contributed by atoms with Crippen LogP contribution in [0, 0.1) is 16.7 Å². The van der Waals surface area contributed by atoms with Gasteiger partial charge in [0.2, 0.25) is 0 Å². The molecule has 0 saturated heterocycles. The van der Waals surface area contributed by atoms with Crippen molar-refractivity contribution in [1.29, 1.82) is 5.26 Å². The zero-order valence-electron chi connectivity index (χ0n) is 11.3. The van der Waals surface area contributed by atoms with E-state index in [1.54, 1.807) is 7.11 Å². The van der Waals surface area contributed by atoms with Crippen LogP contribution < -0.4 is 4.74 Å². The fourth-order valence-corrected chi connectivity index (χ4v) is 2.17. The van der Waals surface area contributed by atoms with E-state index in [4.69, 9.17) is 21.6 Å². The number of methoxy groups -OCH3 is 1. The van der Waals surface area contributed by atoms with E-state index in [2.05, 4.69) is 11.0 Å². The Labute approximate surface area is 114 Å². The number of hydrogen-bond acceptors (Lipinski definition) is 3. The summed E-state index contributed by atoms with van der Waals surface area (Å²) in [5, 5.41) is 9.62. The number of rotatable bonds is 5. The van der Waals surface area contributed by atoms with Crippen molar-refractivity contribution in [3.8, 4) is 11.8 Å². The lowest BCUT2D eigenvalue weighted by atomic mass is 9.95. The molecule has 0 radical (unpaired) electrons. The van der Waals surface area contributed by atoms with E-state index in [0.29, 0.717) is 17.3 Å². The molecule has 0 unspecified atom stereocenters. The number of benzene rings is 1. The van der Waals surface area contributed by atoms with Crippen LogP contribution in [-0.2, 0) is 6.54 Å².